The quantitative estimate of drug-likeness (QED) is 0.628. The number of hydrogen-bond donors (Lipinski definition) is 2. The molecule has 3 unspecified atom stereocenters. The number of fused-ring (bicyclic) bond motifs is 2. The molecule has 0 amide bonds. The smallest absolute Gasteiger partial charge is 0.00768 e. The first-order chi connectivity index (χ1) is 7.40. The first-order valence-corrected chi connectivity index (χ1v) is 6.81. The van der Waals surface area contributed by atoms with E-state index in [1.807, 2.05) is 0 Å². The van der Waals surface area contributed by atoms with Gasteiger partial charge in [-0.05, 0) is 56.5 Å². The second-order valence-corrected chi connectivity index (χ2v) is 5.39. The molecule has 0 spiro atoms. The van der Waals surface area contributed by atoms with E-state index < -0.39 is 0 Å². The van der Waals surface area contributed by atoms with Gasteiger partial charge >= 0.3 is 0 Å². The summed E-state index contributed by atoms with van der Waals surface area (Å²) in [5.74, 6) is 3.18. The number of rotatable bonds is 7. The van der Waals surface area contributed by atoms with Crippen LogP contribution in [0.4, 0.5) is 0 Å². The highest BCUT2D eigenvalue weighted by molar-refractivity contribution is 4.90. The lowest BCUT2D eigenvalue weighted by Gasteiger charge is -2.21. The van der Waals surface area contributed by atoms with Crippen LogP contribution in [-0.2, 0) is 0 Å². The van der Waals surface area contributed by atoms with Crippen molar-refractivity contribution in [2.24, 2.45) is 17.8 Å². The van der Waals surface area contributed by atoms with E-state index in [-0.39, 0.29) is 0 Å². The van der Waals surface area contributed by atoms with E-state index in [0.29, 0.717) is 0 Å². The van der Waals surface area contributed by atoms with Crippen molar-refractivity contribution in [1.82, 2.24) is 10.6 Å². The molecule has 0 aromatic heterocycles. The Kier molecular flexibility index (Phi) is 4.45. The van der Waals surface area contributed by atoms with Crippen LogP contribution >= 0.6 is 0 Å². The summed E-state index contributed by atoms with van der Waals surface area (Å²) in [5, 5.41) is 7.04. The van der Waals surface area contributed by atoms with E-state index in [2.05, 4.69) is 17.6 Å². The second-order valence-electron chi connectivity index (χ2n) is 5.39. The van der Waals surface area contributed by atoms with Gasteiger partial charge in [0.1, 0.15) is 0 Å². The van der Waals surface area contributed by atoms with Crippen molar-refractivity contribution in [3.8, 4) is 0 Å². The summed E-state index contributed by atoms with van der Waals surface area (Å²) in [6.45, 7) is 6.93. The summed E-state index contributed by atoms with van der Waals surface area (Å²) >= 11 is 0. The summed E-state index contributed by atoms with van der Waals surface area (Å²) in [6.07, 6.45) is 7.34. The fraction of sp³-hybridized carbons (Fsp3) is 1.00. The standard InChI is InChI=1S/C13H26N2/c1-2-5-14-6-7-15-10-13-9-11-3-4-12(13)8-11/h11-15H,2-10H2,1H3. The molecule has 2 heteroatoms. The highest BCUT2D eigenvalue weighted by Crippen LogP contribution is 2.47. The van der Waals surface area contributed by atoms with Gasteiger partial charge in [0.25, 0.3) is 0 Å². The lowest BCUT2D eigenvalue weighted by molar-refractivity contribution is 0.319. The van der Waals surface area contributed by atoms with Crippen LogP contribution in [0.1, 0.15) is 39.0 Å². The molecule has 2 fully saturated rings. The molecule has 0 radical (unpaired) electrons. The van der Waals surface area contributed by atoms with E-state index in [1.165, 1.54) is 32.2 Å². The van der Waals surface area contributed by atoms with Gasteiger partial charge in [0.2, 0.25) is 0 Å². The minimum atomic E-state index is 1.01. The lowest BCUT2D eigenvalue weighted by atomic mass is 9.89. The van der Waals surface area contributed by atoms with Crippen molar-refractivity contribution in [3.05, 3.63) is 0 Å². The third-order valence-corrected chi connectivity index (χ3v) is 4.20. The van der Waals surface area contributed by atoms with E-state index >= 15 is 0 Å². The average Bonchev–Trinajstić information content (AvgIpc) is 2.85. The van der Waals surface area contributed by atoms with E-state index in [4.69, 9.17) is 0 Å². The normalized spacial score (nSPS) is 33.8. The molecule has 15 heavy (non-hydrogen) atoms. The summed E-state index contributed by atoms with van der Waals surface area (Å²) in [6, 6.07) is 0. The van der Waals surface area contributed by atoms with Crippen LogP contribution in [0.5, 0.6) is 0 Å². The highest BCUT2D eigenvalue weighted by Gasteiger charge is 2.38. The van der Waals surface area contributed by atoms with Crippen LogP contribution in [0.15, 0.2) is 0 Å². The maximum Gasteiger partial charge on any atom is 0.00768 e. The molecular formula is C13H26N2. The zero-order valence-corrected chi connectivity index (χ0v) is 10.1. The molecule has 2 N–H and O–H groups in total. The Balaban J connectivity index is 1.48. The van der Waals surface area contributed by atoms with Crippen molar-refractivity contribution in [1.29, 1.82) is 0 Å². The first-order valence-electron chi connectivity index (χ1n) is 6.81. The molecule has 2 bridgehead atoms. The topological polar surface area (TPSA) is 24.1 Å². The van der Waals surface area contributed by atoms with Gasteiger partial charge in [-0.15, -0.1) is 0 Å². The van der Waals surface area contributed by atoms with Gasteiger partial charge in [0.05, 0.1) is 0 Å². The molecule has 0 aliphatic heterocycles. The summed E-state index contributed by atoms with van der Waals surface area (Å²) in [5.41, 5.74) is 0. The van der Waals surface area contributed by atoms with Gasteiger partial charge in [-0.2, -0.15) is 0 Å². The third-order valence-electron chi connectivity index (χ3n) is 4.20. The van der Waals surface area contributed by atoms with Crippen LogP contribution in [0.25, 0.3) is 0 Å². The van der Waals surface area contributed by atoms with E-state index in [0.717, 1.165) is 37.4 Å². The van der Waals surface area contributed by atoms with Crippen molar-refractivity contribution >= 4 is 0 Å². The maximum atomic E-state index is 3.61. The number of hydrogen-bond acceptors (Lipinski definition) is 2. The number of nitrogens with one attached hydrogen (secondary N) is 2. The molecule has 2 aliphatic rings. The SMILES string of the molecule is CCCNCCNCC1CC2CCC1C2. The Bertz CT molecular complexity index is 181. The van der Waals surface area contributed by atoms with Crippen LogP contribution in [0.2, 0.25) is 0 Å². The van der Waals surface area contributed by atoms with Crippen molar-refractivity contribution in [2.75, 3.05) is 26.2 Å². The van der Waals surface area contributed by atoms with Crippen LogP contribution in [-0.4, -0.2) is 26.2 Å². The summed E-state index contributed by atoms with van der Waals surface area (Å²) in [7, 11) is 0. The molecule has 2 aliphatic carbocycles. The van der Waals surface area contributed by atoms with Crippen LogP contribution in [0, 0.1) is 17.8 Å². The Hall–Kier alpha value is -0.0800. The Labute approximate surface area is 94.2 Å². The zero-order chi connectivity index (χ0) is 10.5. The summed E-state index contributed by atoms with van der Waals surface area (Å²) < 4.78 is 0. The van der Waals surface area contributed by atoms with Crippen molar-refractivity contribution in [2.45, 2.75) is 39.0 Å². The molecule has 2 saturated carbocycles. The first kappa shape index (κ1) is 11.4. The van der Waals surface area contributed by atoms with Crippen LogP contribution < -0.4 is 10.6 Å². The molecule has 3 atom stereocenters. The lowest BCUT2D eigenvalue weighted by Crippen LogP contribution is -2.32. The van der Waals surface area contributed by atoms with Crippen molar-refractivity contribution < 1.29 is 0 Å². The van der Waals surface area contributed by atoms with Gasteiger partial charge in [0, 0.05) is 13.1 Å². The predicted molar refractivity (Wildman–Crippen MR) is 65.0 cm³/mol. The minimum absolute atomic E-state index is 1.01. The molecular weight excluding hydrogens is 184 g/mol. The Morgan fingerprint density at radius 3 is 2.53 bits per heavy atom. The predicted octanol–water partition coefficient (Wildman–Crippen LogP) is 2.01. The molecule has 0 aromatic rings. The molecule has 0 saturated heterocycles. The second kappa shape index (κ2) is 5.86. The van der Waals surface area contributed by atoms with Crippen LogP contribution in [0.3, 0.4) is 0 Å². The van der Waals surface area contributed by atoms with Gasteiger partial charge < -0.3 is 10.6 Å². The van der Waals surface area contributed by atoms with Gasteiger partial charge in [-0.25, -0.2) is 0 Å². The monoisotopic (exact) mass is 210 g/mol. The third kappa shape index (κ3) is 3.18. The zero-order valence-electron chi connectivity index (χ0n) is 10.1. The highest BCUT2D eigenvalue weighted by atomic mass is 14.9. The molecule has 0 aromatic carbocycles. The minimum Gasteiger partial charge on any atom is -0.315 e. The maximum absolute atomic E-state index is 3.61. The largest absolute Gasteiger partial charge is 0.315 e. The Morgan fingerprint density at radius 1 is 1.00 bits per heavy atom. The van der Waals surface area contributed by atoms with Gasteiger partial charge in [-0.1, -0.05) is 13.3 Å². The molecule has 2 rings (SSSR count). The molecule has 0 heterocycles. The van der Waals surface area contributed by atoms with Gasteiger partial charge in [0.15, 0.2) is 0 Å². The molecule has 2 nitrogen and oxygen atoms in total. The van der Waals surface area contributed by atoms with Crippen molar-refractivity contribution in [3.63, 3.8) is 0 Å². The molecule has 88 valence electrons. The van der Waals surface area contributed by atoms with Gasteiger partial charge in [-0.3, -0.25) is 0 Å². The fourth-order valence-corrected chi connectivity index (χ4v) is 3.39. The average molecular weight is 210 g/mol. The fourth-order valence-electron chi connectivity index (χ4n) is 3.39. The van der Waals surface area contributed by atoms with E-state index in [9.17, 15) is 0 Å². The van der Waals surface area contributed by atoms with E-state index in [1.54, 1.807) is 6.42 Å². The summed E-state index contributed by atoms with van der Waals surface area (Å²) in [4.78, 5) is 0. The Morgan fingerprint density at radius 2 is 1.87 bits per heavy atom.